The molecule has 5 nitrogen and oxygen atoms in total. The van der Waals surface area contributed by atoms with Gasteiger partial charge in [0.25, 0.3) is 0 Å². The van der Waals surface area contributed by atoms with Crippen LogP contribution in [0.4, 0.5) is 5.69 Å². The van der Waals surface area contributed by atoms with Crippen LogP contribution >= 0.6 is 0 Å². The van der Waals surface area contributed by atoms with E-state index in [9.17, 15) is 5.11 Å². The number of rotatable bonds is 4. The van der Waals surface area contributed by atoms with Crippen LogP contribution in [0.1, 0.15) is 11.1 Å². The lowest BCUT2D eigenvalue weighted by molar-refractivity contribution is 0.105. The molecule has 0 bridgehead atoms. The Balaban J connectivity index is 2.36. The SMILES string of the molecule is Cc1cc2[nH]cnc2c(NCC(O)CO)c1C. The summed E-state index contributed by atoms with van der Waals surface area (Å²) in [6.07, 6.45) is 0.890. The zero-order valence-electron chi connectivity index (χ0n) is 9.99. The number of benzene rings is 1. The summed E-state index contributed by atoms with van der Waals surface area (Å²) in [6.45, 7) is 4.10. The number of aryl methyl sites for hydroxylation is 1. The quantitative estimate of drug-likeness (QED) is 0.636. The first-order chi connectivity index (χ1) is 8.13. The van der Waals surface area contributed by atoms with E-state index in [4.69, 9.17) is 5.11 Å². The second-order valence-corrected chi connectivity index (χ2v) is 4.21. The van der Waals surface area contributed by atoms with Crippen molar-refractivity contribution in [3.8, 4) is 0 Å². The van der Waals surface area contributed by atoms with Gasteiger partial charge in [-0.15, -0.1) is 0 Å². The lowest BCUT2D eigenvalue weighted by Crippen LogP contribution is -2.23. The van der Waals surface area contributed by atoms with Crippen LogP contribution in [-0.4, -0.2) is 39.4 Å². The minimum Gasteiger partial charge on any atom is -0.394 e. The van der Waals surface area contributed by atoms with Gasteiger partial charge >= 0.3 is 0 Å². The molecule has 0 aliphatic rings. The molecule has 2 rings (SSSR count). The molecule has 5 heteroatoms. The van der Waals surface area contributed by atoms with Gasteiger partial charge in [-0.2, -0.15) is 0 Å². The van der Waals surface area contributed by atoms with Crippen LogP contribution < -0.4 is 5.32 Å². The number of imidazole rings is 1. The first-order valence-electron chi connectivity index (χ1n) is 5.59. The van der Waals surface area contributed by atoms with Crippen molar-refractivity contribution in [1.29, 1.82) is 0 Å². The zero-order valence-corrected chi connectivity index (χ0v) is 9.99. The molecule has 17 heavy (non-hydrogen) atoms. The van der Waals surface area contributed by atoms with Crippen molar-refractivity contribution in [2.24, 2.45) is 0 Å². The standard InChI is InChI=1S/C12H17N3O2/c1-7-3-10-12(15-6-14-10)11(8(7)2)13-4-9(17)5-16/h3,6,9,13,16-17H,4-5H2,1-2H3,(H,14,15). The fraction of sp³-hybridized carbons (Fsp3) is 0.417. The van der Waals surface area contributed by atoms with Crippen molar-refractivity contribution >= 4 is 16.7 Å². The first-order valence-corrected chi connectivity index (χ1v) is 5.59. The summed E-state index contributed by atoms with van der Waals surface area (Å²) in [4.78, 5) is 7.33. The summed E-state index contributed by atoms with van der Waals surface area (Å²) < 4.78 is 0. The fourth-order valence-electron chi connectivity index (χ4n) is 1.81. The third-order valence-corrected chi connectivity index (χ3v) is 2.96. The van der Waals surface area contributed by atoms with E-state index in [1.165, 1.54) is 0 Å². The molecule has 0 fully saturated rings. The van der Waals surface area contributed by atoms with Gasteiger partial charge in [-0.25, -0.2) is 4.98 Å². The predicted octanol–water partition coefficient (Wildman–Crippen LogP) is 0.945. The lowest BCUT2D eigenvalue weighted by Gasteiger charge is -2.14. The molecule has 0 saturated carbocycles. The summed E-state index contributed by atoms with van der Waals surface area (Å²) in [7, 11) is 0. The number of hydrogen-bond acceptors (Lipinski definition) is 4. The molecule has 2 aromatic rings. The number of nitrogens with one attached hydrogen (secondary N) is 2. The average molecular weight is 235 g/mol. The zero-order chi connectivity index (χ0) is 12.4. The second-order valence-electron chi connectivity index (χ2n) is 4.21. The van der Waals surface area contributed by atoms with Crippen LogP contribution in [-0.2, 0) is 0 Å². The van der Waals surface area contributed by atoms with Gasteiger partial charge in [0, 0.05) is 6.54 Å². The molecule has 0 aliphatic heterocycles. The fourth-order valence-corrected chi connectivity index (χ4v) is 1.81. The van der Waals surface area contributed by atoms with E-state index >= 15 is 0 Å². The number of H-pyrrole nitrogens is 1. The van der Waals surface area contributed by atoms with Crippen LogP contribution in [0, 0.1) is 13.8 Å². The second kappa shape index (κ2) is 4.73. The van der Waals surface area contributed by atoms with Crippen LogP contribution in [0.25, 0.3) is 11.0 Å². The van der Waals surface area contributed by atoms with Crippen molar-refractivity contribution in [1.82, 2.24) is 9.97 Å². The number of aliphatic hydroxyl groups excluding tert-OH is 2. The minimum atomic E-state index is -0.760. The molecule has 0 amide bonds. The molecule has 0 radical (unpaired) electrons. The lowest BCUT2D eigenvalue weighted by atomic mass is 10.1. The molecule has 0 saturated heterocycles. The van der Waals surface area contributed by atoms with E-state index < -0.39 is 6.10 Å². The first kappa shape index (κ1) is 11.9. The van der Waals surface area contributed by atoms with E-state index in [2.05, 4.69) is 15.3 Å². The Morgan fingerprint density at radius 3 is 2.94 bits per heavy atom. The molecule has 1 aromatic carbocycles. The van der Waals surface area contributed by atoms with Crippen molar-refractivity contribution < 1.29 is 10.2 Å². The van der Waals surface area contributed by atoms with Crippen LogP contribution in [0.5, 0.6) is 0 Å². The number of aromatic nitrogens is 2. The third-order valence-electron chi connectivity index (χ3n) is 2.96. The highest BCUT2D eigenvalue weighted by Crippen LogP contribution is 2.27. The summed E-state index contributed by atoms with van der Waals surface area (Å²) >= 11 is 0. The Bertz CT molecular complexity index is 522. The highest BCUT2D eigenvalue weighted by Gasteiger charge is 2.11. The van der Waals surface area contributed by atoms with Gasteiger partial charge in [0.2, 0.25) is 0 Å². The van der Waals surface area contributed by atoms with Crippen LogP contribution in [0.15, 0.2) is 12.4 Å². The normalized spacial score (nSPS) is 12.9. The van der Waals surface area contributed by atoms with Crippen molar-refractivity contribution in [2.45, 2.75) is 20.0 Å². The molecule has 1 atom stereocenters. The van der Waals surface area contributed by atoms with Crippen molar-refractivity contribution in [2.75, 3.05) is 18.5 Å². The maximum Gasteiger partial charge on any atom is 0.112 e. The van der Waals surface area contributed by atoms with Crippen LogP contribution in [0.3, 0.4) is 0 Å². The van der Waals surface area contributed by atoms with Gasteiger partial charge in [0.1, 0.15) is 5.52 Å². The topological polar surface area (TPSA) is 81.2 Å². The molecule has 92 valence electrons. The Kier molecular flexibility index (Phi) is 3.31. The molecule has 4 N–H and O–H groups in total. The van der Waals surface area contributed by atoms with Gasteiger partial charge in [0.05, 0.1) is 30.2 Å². The molecular formula is C12H17N3O2. The van der Waals surface area contributed by atoms with Gasteiger partial charge in [-0.1, -0.05) is 0 Å². The number of aliphatic hydroxyl groups is 2. The Morgan fingerprint density at radius 1 is 1.47 bits per heavy atom. The number of aromatic amines is 1. The average Bonchev–Trinajstić information content (AvgIpc) is 2.76. The summed E-state index contributed by atoms with van der Waals surface area (Å²) in [5, 5.41) is 21.3. The van der Waals surface area contributed by atoms with E-state index in [-0.39, 0.29) is 6.61 Å². The molecule has 1 heterocycles. The van der Waals surface area contributed by atoms with E-state index in [1.807, 2.05) is 19.9 Å². The van der Waals surface area contributed by atoms with Gasteiger partial charge in [-0.05, 0) is 31.0 Å². The van der Waals surface area contributed by atoms with Crippen LogP contribution in [0.2, 0.25) is 0 Å². The molecule has 0 spiro atoms. The smallest absolute Gasteiger partial charge is 0.112 e. The van der Waals surface area contributed by atoms with E-state index in [0.29, 0.717) is 6.54 Å². The van der Waals surface area contributed by atoms with Gasteiger partial charge < -0.3 is 20.5 Å². The molecule has 1 aromatic heterocycles. The van der Waals surface area contributed by atoms with Gasteiger partial charge in [0.15, 0.2) is 0 Å². The third kappa shape index (κ3) is 2.25. The van der Waals surface area contributed by atoms with E-state index in [0.717, 1.165) is 27.8 Å². The molecule has 0 aliphatic carbocycles. The minimum absolute atomic E-state index is 0.248. The Labute approximate surface area is 99.5 Å². The highest BCUT2D eigenvalue weighted by atomic mass is 16.3. The molecular weight excluding hydrogens is 218 g/mol. The summed E-state index contributed by atoms with van der Waals surface area (Å²) in [5.41, 5.74) is 5.00. The maximum absolute atomic E-state index is 9.36. The number of nitrogens with zero attached hydrogens (tertiary/aromatic N) is 1. The Hall–Kier alpha value is -1.59. The van der Waals surface area contributed by atoms with Crippen molar-refractivity contribution in [3.05, 3.63) is 23.5 Å². The number of fused-ring (bicyclic) bond motifs is 1. The molecule has 1 unspecified atom stereocenters. The summed E-state index contributed by atoms with van der Waals surface area (Å²) in [6, 6.07) is 2.05. The monoisotopic (exact) mass is 235 g/mol. The predicted molar refractivity (Wildman–Crippen MR) is 67.2 cm³/mol. The van der Waals surface area contributed by atoms with Crippen molar-refractivity contribution in [3.63, 3.8) is 0 Å². The Morgan fingerprint density at radius 2 is 2.24 bits per heavy atom. The largest absolute Gasteiger partial charge is 0.394 e. The summed E-state index contributed by atoms with van der Waals surface area (Å²) in [5.74, 6) is 0. The van der Waals surface area contributed by atoms with Gasteiger partial charge in [-0.3, -0.25) is 0 Å². The van der Waals surface area contributed by atoms with E-state index in [1.54, 1.807) is 6.33 Å². The number of anilines is 1. The maximum atomic E-state index is 9.36. The highest BCUT2D eigenvalue weighted by molar-refractivity contribution is 5.91. The number of hydrogen-bond donors (Lipinski definition) is 4.